The summed E-state index contributed by atoms with van der Waals surface area (Å²) < 4.78 is 0. The van der Waals surface area contributed by atoms with Crippen LogP contribution in [0.25, 0.3) is 0 Å². The number of halogens is 1. The second-order valence-electron chi connectivity index (χ2n) is 3.64. The molecule has 0 radical (unpaired) electrons. The SMILES string of the molecule is Cc1c(Cl)ccc(O)c1C(CN)CC(=O)O. The van der Waals surface area contributed by atoms with Crippen LogP contribution >= 0.6 is 11.6 Å². The van der Waals surface area contributed by atoms with E-state index in [9.17, 15) is 9.90 Å². The first kappa shape index (κ1) is 12.8. The van der Waals surface area contributed by atoms with Crippen molar-refractivity contribution in [1.29, 1.82) is 0 Å². The van der Waals surface area contributed by atoms with Crippen molar-refractivity contribution in [1.82, 2.24) is 0 Å². The quantitative estimate of drug-likeness (QED) is 0.754. The van der Waals surface area contributed by atoms with Crippen LogP contribution in [0.1, 0.15) is 23.5 Å². The Morgan fingerprint density at radius 2 is 2.19 bits per heavy atom. The highest BCUT2D eigenvalue weighted by Crippen LogP contribution is 2.34. The molecule has 4 nitrogen and oxygen atoms in total. The highest BCUT2D eigenvalue weighted by molar-refractivity contribution is 6.31. The predicted octanol–water partition coefficient (Wildman–Crippen LogP) is 1.87. The summed E-state index contributed by atoms with van der Waals surface area (Å²) in [5.74, 6) is -1.33. The van der Waals surface area contributed by atoms with Gasteiger partial charge in [-0.1, -0.05) is 11.6 Å². The van der Waals surface area contributed by atoms with E-state index in [0.717, 1.165) is 0 Å². The van der Waals surface area contributed by atoms with Gasteiger partial charge in [-0.15, -0.1) is 0 Å². The molecule has 1 aromatic rings. The standard InChI is InChI=1S/C11H14ClNO3/c1-6-8(12)2-3-9(14)11(6)7(5-13)4-10(15)16/h2-3,7,14H,4-5,13H2,1H3,(H,15,16). The molecule has 0 aliphatic heterocycles. The predicted molar refractivity (Wildman–Crippen MR) is 61.9 cm³/mol. The number of carboxylic acids is 1. The van der Waals surface area contributed by atoms with Crippen molar-refractivity contribution in [2.75, 3.05) is 6.54 Å². The van der Waals surface area contributed by atoms with Crippen molar-refractivity contribution in [3.05, 3.63) is 28.3 Å². The number of phenolic OH excluding ortho intramolecular Hbond substituents is 1. The zero-order valence-electron chi connectivity index (χ0n) is 8.90. The Morgan fingerprint density at radius 1 is 1.56 bits per heavy atom. The summed E-state index contributed by atoms with van der Waals surface area (Å²) in [5, 5.41) is 19.0. The minimum atomic E-state index is -0.950. The average molecular weight is 244 g/mol. The number of benzene rings is 1. The number of nitrogens with two attached hydrogens (primary N) is 1. The van der Waals surface area contributed by atoms with Gasteiger partial charge in [0, 0.05) is 16.5 Å². The van der Waals surface area contributed by atoms with Crippen LogP contribution in [0.5, 0.6) is 5.75 Å². The van der Waals surface area contributed by atoms with E-state index in [2.05, 4.69) is 0 Å². The molecule has 88 valence electrons. The third-order valence-corrected chi connectivity index (χ3v) is 2.95. The molecule has 0 amide bonds. The number of aliphatic carboxylic acids is 1. The molecule has 0 saturated carbocycles. The summed E-state index contributed by atoms with van der Waals surface area (Å²) in [6.07, 6.45) is -0.120. The van der Waals surface area contributed by atoms with Crippen LogP contribution in [0.15, 0.2) is 12.1 Å². The van der Waals surface area contributed by atoms with Gasteiger partial charge in [0.15, 0.2) is 0 Å². The van der Waals surface area contributed by atoms with Gasteiger partial charge in [-0.2, -0.15) is 0 Å². The van der Waals surface area contributed by atoms with Gasteiger partial charge in [-0.25, -0.2) is 0 Å². The third-order valence-electron chi connectivity index (χ3n) is 2.54. The molecule has 1 aromatic carbocycles. The number of rotatable bonds is 4. The molecule has 0 aliphatic carbocycles. The molecule has 1 atom stereocenters. The maximum atomic E-state index is 10.7. The van der Waals surface area contributed by atoms with Crippen LogP contribution in [0.3, 0.4) is 0 Å². The minimum Gasteiger partial charge on any atom is -0.508 e. The highest BCUT2D eigenvalue weighted by atomic mass is 35.5. The maximum absolute atomic E-state index is 10.7. The highest BCUT2D eigenvalue weighted by Gasteiger charge is 2.20. The zero-order valence-corrected chi connectivity index (χ0v) is 9.66. The van der Waals surface area contributed by atoms with Crippen molar-refractivity contribution in [2.24, 2.45) is 5.73 Å². The molecule has 0 saturated heterocycles. The molecule has 0 spiro atoms. The Bertz CT molecular complexity index is 406. The molecule has 0 aliphatic rings. The first-order valence-corrected chi connectivity index (χ1v) is 5.25. The second kappa shape index (κ2) is 5.18. The van der Waals surface area contributed by atoms with Crippen molar-refractivity contribution in [3.8, 4) is 5.75 Å². The Balaban J connectivity index is 3.18. The lowest BCUT2D eigenvalue weighted by molar-refractivity contribution is -0.137. The molecular weight excluding hydrogens is 230 g/mol. The number of carboxylic acid groups (broad SMARTS) is 1. The molecule has 5 heteroatoms. The molecule has 1 rings (SSSR count). The van der Waals surface area contributed by atoms with Gasteiger partial charge in [0.25, 0.3) is 0 Å². The number of phenols is 1. The van der Waals surface area contributed by atoms with E-state index in [0.29, 0.717) is 16.1 Å². The molecule has 4 N–H and O–H groups in total. The fourth-order valence-electron chi connectivity index (χ4n) is 1.72. The van der Waals surface area contributed by atoms with Crippen LogP contribution in [0, 0.1) is 6.92 Å². The summed E-state index contributed by atoms with van der Waals surface area (Å²) in [6, 6.07) is 3.03. The van der Waals surface area contributed by atoms with Gasteiger partial charge >= 0.3 is 5.97 Å². The van der Waals surface area contributed by atoms with Gasteiger partial charge in [0.05, 0.1) is 6.42 Å². The third kappa shape index (κ3) is 2.65. The van der Waals surface area contributed by atoms with E-state index in [-0.39, 0.29) is 18.7 Å². The Kier molecular flexibility index (Phi) is 4.15. The molecule has 0 fully saturated rings. The number of hydrogen-bond donors (Lipinski definition) is 3. The van der Waals surface area contributed by atoms with Crippen LogP contribution in [-0.2, 0) is 4.79 Å². The average Bonchev–Trinajstić information content (AvgIpc) is 2.22. The number of aromatic hydroxyl groups is 1. The summed E-state index contributed by atoms with van der Waals surface area (Å²) in [5.41, 5.74) is 6.73. The van der Waals surface area contributed by atoms with Crippen LogP contribution in [0.4, 0.5) is 0 Å². The summed E-state index contributed by atoms with van der Waals surface area (Å²) in [4.78, 5) is 10.7. The van der Waals surface area contributed by atoms with Crippen molar-refractivity contribution in [3.63, 3.8) is 0 Å². The smallest absolute Gasteiger partial charge is 0.304 e. The first-order chi connectivity index (χ1) is 7.47. The van der Waals surface area contributed by atoms with Crippen molar-refractivity contribution in [2.45, 2.75) is 19.3 Å². The Hall–Kier alpha value is -1.26. The molecule has 1 unspecified atom stereocenters. The Labute approximate surface area is 98.6 Å². The van der Waals surface area contributed by atoms with E-state index < -0.39 is 11.9 Å². The van der Waals surface area contributed by atoms with E-state index in [1.165, 1.54) is 6.07 Å². The fourth-order valence-corrected chi connectivity index (χ4v) is 1.88. The Morgan fingerprint density at radius 3 is 2.69 bits per heavy atom. The molecule has 0 aromatic heterocycles. The largest absolute Gasteiger partial charge is 0.508 e. The van der Waals surface area contributed by atoms with Gasteiger partial charge in [0.1, 0.15) is 5.75 Å². The number of hydrogen-bond acceptors (Lipinski definition) is 3. The molecule has 0 bridgehead atoms. The summed E-state index contributed by atoms with van der Waals surface area (Å²) >= 11 is 5.92. The van der Waals surface area contributed by atoms with Crippen LogP contribution < -0.4 is 5.73 Å². The second-order valence-corrected chi connectivity index (χ2v) is 4.04. The van der Waals surface area contributed by atoms with E-state index >= 15 is 0 Å². The van der Waals surface area contributed by atoms with Crippen LogP contribution in [-0.4, -0.2) is 22.7 Å². The van der Waals surface area contributed by atoms with E-state index in [1.807, 2.05) is 0 Å². The zero-order chi connectivity index (χ0) is 12.3. The lowest BCUT2D eigenvalue weighted by Gasteiger charge is -2.17. The monoisotopic (exact) mass is 243 g/mol. The minimum absolute atomic E-state index is 0.0404. The topological polar surface area (TPSA) is 83.5 Å². The van der Waals surface area contributed by atoms with Gasteiger partial charge in [-0.3, -0.25) is 4.79 Å². The van der Waals surface area contributed by atoms with E-state index in [4.69, 9.17) is 22.4 Å². The van der Waals surface area contributed by atoms with Gasteiger partial charge in [-0.05, 0) is 31.2 Å². The molecule has 16 heavy (non-hydrogen) atoms. The maximum Gasteiger partial charge on any atom is 0.304 e. The number of carbonyl (C=O) groups is 1. The van der Waals surface area contributed by atoms with E-state index in [1.54, 1.807) is 13.0 Å². The van der Waals surface area contributed by atoms with Gasteiger partial charge in [0.2, 0.25) is 0 Å². The lowest BCUT2D eigenvalue weighted by atomic mass is 9.91. The van der Waals surface area contributed by atoms with Gasteiger partial charge < -0.3 is 15.9 Å². The lowest BCUT2D eigenvalue weighted by Crippen LogP contribution is -2.17. The first-order valence-electron chi connectivity index (χ1n) is 4.87. The fraction of sp³-hybridized carbons (Fsp3) is 0.364. The van der Waals surface area contributed by atoms with Crippen LogP contribution in [0.2, 0.25) is 5.02 Å². The summed E-state index contributed by atoms with van der Waals surface area (Å²) in [7, 11) is 0. The normalized spacial score (nSPS) is 12.4. The molecule has 0 heterocycles. The molecular formula is C11H14ClNO3. The summed E-state index contributed by atoms with van der Waals surface area (Å²) in [6.45, 7) is 1.89. The van der Waals surface area contributed by atoms with Crippen molar-refractivity contribution >= 4 is 17.6 Å². The van der Waals surface area contributed by atoms with Crippen molar-refractivity contribution < 1.29 is 15.0 Å².